The number of hydrogen-bond acceptors (Lipinski definition) is 4. The number of aromatic nitrogens is 2. The molecule has 1 aromatic heterocycles. The van der Waals surface area contributed by atoms with Gasteiger partial charge in [-0.05, 0) is 24.6 Å². The molecule has 0 aliphatic rings. The molecule has 0 aliphatic carbocycles. The maximum absolute atomic E-state index is 11.2. The summed E-state index contributed by atoms with van der Waals surface area (Å²) in [6.45, 7) is 1.84. The van der Waals surface area contributed by atoms with Crippen molar-refractivity contribution in [2.75, 3.05) is 7.11 Å². The van der Waals surface area contributed by atoms with E-state index >= 15 is 0 Å². The summed E-state index contributed by atoms with van der Waals surface area (Å²) in [5.41, 5.74) is 1.84. The van der Waals surface area contributed by atoms with Crippen LogP contribution < -0.4 is 4.74 Å². The Morgan fingerprint density at radius 2 is 2.16 bits per heavy atom. The fourth-order valence-electron chi connectivity index (χ4n) is 1.77. The minimum atomic E-state index is -1.08. The third-order valence-corrected chi connectivity index (χ3v) is 2.99. The Hall–Kier alpha value is -2.14. The van der Waals surface area contributed by atoms with Crippen molar-refractivity contribution in [1.29, 1.82) is 0 Å². The molecule has 1 N–H and O–H groups in total. The monoisotopic (exact) mass is 278 g/mol. The zero-order valence-electron chi connectivity index (χ0n) is 10.3. The molecule has 0 fully saturated rings. The summed E-state index contributed by atoms with van der Waals surface area (Å²) in [4.78, 5) is 18.9. The van der Waals surface area contributed by atoms with E-state index in [4.69, 9.17) is 21.4 Å². The molecule has 0 spiro atoms. The van der Waals surface area contributed by atoms with E-state index in [0.29, 0.717) is 22.0 Å². The van der Waals surface area contributed by atoms with Crippen LogP contribution in [0.5, 0.6) is 5.75 Å². The topological polar surface area (TPSA) is 72.3 Å². The fraction of sp³-hybridized carbons (Fsp3) is 0.154. The number of hydrogen-bond donors (Lipinski definition) is 1. The molecule has 6 heteroatoms. The normalized spacial score (nSPS) is 10.3. The van der Waals surface area contributed by atoms with Gasteiger partial charge in [0.1, 0.15) is 17.6 Å². The van der Waals surface area contributed by atoms with Crippen molar-refractivity contribution in [3.8, 4) is 17.0 Å². The fourth-order valence-corrected chi connectivity index (χ4v) is 2.01. The lowest BCUT2D eigenvalue weighted by Gasteiger charge is -2.11. The Bertz CT molecular complexity index is 644. The molecular weight excluding hydrogens is 268 g/mol. The zero-order chi connectivity index (χ0) is 14.0. The number of carbonyl (C=O) groups is 1. The number of rotatable bonds is 3. The van der Waals surface area contributed by atoms with Gasteiger partial charge in [-0.15, -0.1) is 0 Å². The molecule has 0 radical (unpaired) electrons. The van der Waals surface area contributed by atoms with Crippen molar-refractivity contribution in [2.24, 2.45) is 0 Å². The summed E-state index contributed by atoms with van der Waals surface area (Å²) in [5, 5.41) is 9.55. The first-order valence-corrected chi connectivity index (χ1v) is 5.80. The second-order valence-electron chi connectivity index (χ2n) is 3.89. The van der Waals surface area contributed by atoms with Crippen LogP contribution >= 0.6 is 11.6 Å². The predicted octanol–water partition coefficient (Wildman–Crippen LogP) is 2.81. The molecule has 0 aliphatic heterocycles. The first-order chi connectivity index (χ1) is 9.04. The number of carboxylic acids is 1. The molecule has 98 valence electrons. The van der Waals surface area contributed by atoms with Gasteiger partial charge in [0.25, 0.3) is 0 Å². The number of ether oxygens (including phenoxy) is 1. The molecule has 0 amide bonds. The van der Waals surface area contributed by atoms with Crippen LogP contribution in [0, 0.1) is 6.92 Å². The zero-order valence-corrected chi connectivity index (χ0v) is 11.1. The Kier molecular flexibility index (Phi) is 3.66. The largest absolute Gasteiger partial charge is 0.495 e. The molecule has 0 saturated heterocycles. The number of nitrogens with zero attached hydrogens (tertiary/aromatic N) is 2. The maximum Gasteiger partial charge on any atom is 0.339 e. The summed E-state index contributed by atoms with van der Waals surface area (Å²) < 4.78 is 5.11. The lowest BCUT2D eigenvalue weighted by molar-refractivity contribution is 0.0697. The number of benzene rings is 1. The summed E-state index contributed by atoms with van der Waals surface area (Å²) in [5.74, 6) is -0.546. The Morgan fingerprint density at radius 3 is 2.79 bits per heavy atom. The Morgan fingerprint density at radius 1 is 1.42 bits per heavy atom. The van der Waals surface area contributed by atoms with Gasteiger partial charge < -0.3 is 9.84 Å². The second-order valence-corrected chi connectivity index (χ2v) is 4.30. The maximum atomic E-state index is 11.2. The van der Waals surface area contributed by atoms with Crippen molar-refractivity contribution < 1.29 is 14.6 Å². The van der Waals surface area contributed by atoms with E-state index in [2.05, 4.69) is 9.97 Å². The van der Waals surface area contributed by atoms with Crippen LogP contribution in [0.4, 0.5) is 0 Å². The standard InChI is InChI=1S/C13H11ClN2O3/c1-7-3-11(19-2)10(14)4-8(7)12-9(13(17)18)5-15-6-16-12/h3-6H,1-2H3,(H,17,18). The van der Waals surface area contributed by atoms with Crippen LogP contribution in [0.1, 0.15) is 15.9 Å². The Balaban J connectivity index is 2.66. The van der Waals surface area contributed by atoms with Gasteiger partial charge >= 0.3 is 5.97 Å². The van der Waals surface area contributed by atoms with Crippen LogP contribution in [-0.4, -0.2) is 28.2 Å². The van der Waals surface area contributed by atoms with Crippen molar-refractivity contribution in [3.05, 3.63) is 40.8 Å². The summed E-state index contributed by atoms with van der Waals surface area (Å²) in [6.07, 6.45) is 2.57. The Labute approximate surface area is 114 Å². The van der Waals surface area contributed by atoms with Gasteiger partial charge in [0.2, 0.25) is 0 Å². The molecule has 0 unspecified atom stereocenters. The number of halogens is 1. The van der Waals surface area contributed by atoms with Gasteiger partial charge in [-0.25, -0.2) is 14.8 Å². The first-order valence-electron chi connectivity index (χ1n) is 5.42. The van der Waals surface area contributed by atoms with Gasteiger partial charge in [0.15, 0.2) is 0 Å². The van der Waals surface area contributed by atoms with Gasteiger partial charge in [0, 0.05) is 11.8 Å². The van der Waals surface area contributed by atoms with Gasteiger partial charge in [-0.3, -0.25) is 0 Å². The van der Waals surface area contributed by atoms with E-state index in [9.17, 15) is 4.79 Å². The van der Waals surface area contributed by atoms with Crippen LogP contribution in [0.15, 0.2) is 24.7 Å². The predicted molar refractivity (Wildman–Crippen MR) is 70.7 cm³/mol. The molecule has 2 rings (SSSR count). The molecule has 19 heavy (non-hydrogen) atoms. The average molecular weight is 279 g/mol. The smallest absolute Gasteiger partial charge is 0.339 e. The van der Waals surface area contributed by atoms with E-state index in [0.717, 1.165) is 5.56 Å². The SMILES string of the molecule is COc1cc(C)c(-c2ncncc2C(=O)O)cc1Cl. The summed E-state index contributed by atoms with van der Waals surface area (Å²) in [7, 11) is 1.52. The molecule has 2 aromatic rings. The van der Waals surface area contributed by atoms with Crippen LogP contribution in [0.3, 0.4) is 0 Å². The highest BCUT2D eigenvalue weighted by Gasteiger charge is 2.16. The third-order valence-electron chi connectivity index (χ3n) is 2.70. The third kappa shape index (κ3) is 2.51. The highest BCUT2D eigenvalue weighted by molar-refractivity contribution is 6.32. The molecule has 0 bridgehead atoms. The van der Waals surface area contributed by atoms with E-state index in [1.165, 1.54) is 19.6 Å². The quantitative estimate of drug-likeness (QED) is 0.934. The van der Waals surface area contributed by atoms with Crippen LogP contribution in [0.2, 0.25) is 5.02 Å². The molecule has 0 saturated carbocycles. The van der Waals surface area contributed by atoms with Crippen LogP contribution in [-0.2, 0) is 0 Å². The average Bonchev–Trinajstić information content (AvgIpc) is 2.40. The van der Waals surface area contributed by atoms with E-state index in [1.807, 2.05) is 6.92 Å². The molecule has 5 nitrogen and oxygen atoms in total. The minimum absolute atomic E-state index is 0.0341. The van der Waals surface area contributed by atoms with Crippen molar-refractivity contribution in [3.63, 3.8) is 0 Å². The second kappa shape index (κ2) is 5.24. The van der Waals surface area contributed by atoms with E-state index in [-0.39, 0.29) is 5.56 Å². The number of aromatic carboxylic acids is 1. The van der Waals surface area contributed by atoms with E-state index < -0.39 is 5.97 Å². The lowest BCUT2D eigenvalue weighted by atomic mass is 10.0. The first kappa shape index (κ1) is 13.3. The van der Waals surface area contributed by atoms with E-state index in [1.54, 1.807) is 12.1 Å². The molecule has 1 aromatic carbocycles. The van der Waals surface area contributed by atoms with Gasteiger partial charge in [-0.1, -0.05) is 11.6 Å². The van der Waals surface area contributed by atoms with Gasteiger partial charge in [0.05, 0.1) is 17.8 Å². The van der Waals surface area contributed by atoms with Crippen molar-refractivity contribution in [1.82, 2.24) is 9.97 Å². The van der Waals surface area contributed by atoms with Crippen molar-refractivity contribution >= 4 is 17.6 Å². The minimum Gasteiger partial charge on any atom is -0.495 e. The highest BCUT2D eigenvalue weighted by Crippen LogP contribution is 2.33. The number of methoxy groups -OCH3 is 1. The highest BCUT2D eigenvalue weighted by atomic mass is 35.5. The number of aryl methyl sites for hydroxylation is 1. The van der Waals surface area contributed by atoms with Crippen LogP contribution in [0.25, 0.3) is 11.3 Å². The summed E-state index contributed by atoms with van der Waals surface area (Å²) >= 11 is 6.07. The molecule has 0 atom stereocenters. The molecule has 1 heterocycles. The van der Waals surface area contributed by atoms with Crippen molar-refractivity contribution in [2.45, 2.75) is 6.92 Å². The van der Waals surface area contributed by atoms with Gasteiger partial charge in [-0.2, -0.15) is 0 Å². The lowest BCUT2D eigenvalue weighted by Crippen LogP contribution is -2.03. The number of carboxylic acid groups (broad SMARTS) is 1. The summed E-state index contributed by atoms with van der Waals surface area (Å²) in [6, 6.07) is 3.38. The molecular formula is C13H11ClN2O3.